The first-order valence-corrected chi connectivity index (χ1v) is 10.6. The third-order valence-corrected chi connectivity index (χ3v) is 5.89. The number of carbonyl (C=O) groups is 2. The van der Waals surface area contributed by atoms with E-state index in [1.165, 1.54) is 16.7 Å². The van der Waals surface area contributed by atoms with Crippen LogP contribution in [0.3, 0.4) is 0 Å². The number of likely N-dealkylation sites (tertiary alicyclic amines) is 1. The van der Waals surface area contributed by atoms with Gasteiger partial charge in [0.05, 0.1) is 18.3 Å². The molecule has 1 aromatic carbocycles. The van der Waals surface area contributed by atoms with Crippen LogP contribution >= 0.6 is 11.8 Å². The van der Waals surface area contributed by atoms with Crippen LogP contribution in [0.2, 0.25) is 0 Å². The zero-order chi connectivity index (χ0) is 20.1. The number of benzene rings is 1. The number of nitrogens with zero attached hydrogens (tertiary/aromatic N) is 5. The number of aromatic nitrogens is 3. The number of amides is 2. The Bertz CT molecular complexity index is 821. The molecule has 2 aromatic rings. The Kier molecular flexibility index (Phi) is 6.85. The molecule has 0 saturated carbocycles. The van der Waals surface area contributed by atoms with Crippen molar-refractivity contribution in [3.63, 3.8) is 0 Å². The lowest BCUT2D eigenvalue weighted by atomic mass is 10.2. The number of thioether (sulfide) groups is 1. The Morgan fingerprint density at radius 2 is 2.00 bits per heavy atom. The van der Waals surface area contributed by atoms with Crippen LogP contribution in [0.5, 0.6) is 0 Å². The van der Waals surface area contributed by atoms with Crippen LogP contribution in [0.1, 0.15) is 43.6 Å². The van der Waals surface area contributed by atoms with Gasteiger partial charge in [0, 0.05) is 13.0 Å². The first-order valence-electron chi connectivity index (χ1n) is 9.60. The molecule has 3 rings (SSSR count). The maximum absolute atomic E-state index is 12.4. The van der Waals surface area contributed by atoms with Crippen LogP contribution in [-0.2, 0) is 16.1 Å². The lowest BCUT2D eigenvalue weighted by Crippen LogP contribution is -2.33. The number of hydrogen-bond donors (Lipinski definition) is 0. The van der Waals surface area contributed by atoms with Crippen LogP contribution in [-0.4, -0.2) is 62.8 Å². The maximum atomic E-state index is 12.4. The fourth-order valence-electron chi connectivity index (χ4n) is 3.46. The van der Waals surface area contributed by atoms with Crippen LogP contribution in [0.25, 0.3) is 0 Å². The zero-order valence-electron chi connectivity index (χ0n) is 16.7. The van der Waals surface area contributed by atoms with E-state index in [1.54, 1.807) is 0 Å². The highest BCUT2D eigenvalue weighted by molar-refractivity contribution is 7.99. The van der Waals surface area contributed by atoms with Gasteiger partial charge in [0.15, 0.2) is 11.0 Å². The summed E-state index contributed by atoms with van der Waals surface area (Å²) in [4.78, 5) is 27.7. The van der Waals surface area contributed by atoms with Crippen LogP contribution in [0.4, 0.5) is 0 Å². The number of hydrogen-bond acceptors (Lipinski definition) is 6. The minimum Gasteiger partial charge on any atom is -0.300 e. The number of rotatable bonds is 8. The van der Waals surface area contributed by atoms with Crippen LogP contribution in [0.15, 0.2) is 35.5 Å². The van der Waals surface area contributed by atoms with Gasteiger partial charge in [0.2, 0.25) is 11.8 Å². The van der Waals surface area contributed by atoms with E-state index in [1.807, 2.05) is 32.3 Å². The minimum absolute atomic E-state index is 0.0734. The highest BCUT2D eigenvalue weighted by Gasteiger charge is 2.27. The normalized spacial score (nSPS) is 15.4. The zero-order valence-corrected chi connectivity index (χ0v) is 17.5. The van der Waals surface area contributed by atoms with Gasteiger partial charge in [-0.25, -0.2) is 0 Å². The van der Waals surface area contributed by atoms with Gasteiger partial charge >= 0.3 is 0 Å². The van der Waals surface area contributed by atoms with Gasteiger partial charge in [-0.05, 0) is 32.5 Å². The quantitative estimate of drug-likeness (QED) is 0.633. The molecule has 7 nitrogen and oxygen atoms in total. The third-order valence-electron chi connectivity index (χ3n) is 4.94. The molecule has 8 heteroatoms. The molecular weight excluding hydrogens is 374 g/mol. The second-order valence-corrected chi connectivity index (χ2v) is 8.07. The minimum atomic E-state index is -0.150. The van der Waals surface area contributed by atoms with Crippen molar-refractivity contribution in [2.75, 3.05) is 26.4 Å². The molecule has 0 radical (unpaired) electrons. The Labute approximate surface area is 170 Å². The van der Waals surface area contributed by atoms with Gasteiger partial charge in [-0.2, -0.15) is 0 Å². The van der Waals surface area contributed by atoms with Gasteiger partial charge in [0.25, 0.3) is 0 Å². The van der Waals surface area contributed by atoms with E-state index in [9.17, 15) is 9.59 Å². The molecule has 0 spiro atoms. The molecule has 1 aromatic heterocycles. The van der Waals surface area contributed by atoms with Gasteiger partial charge in [-0.3, -0.25) is 19.4 Å². The molecule has 0 N–H and O–H groups in total. The molecule has 0 bridgehead atoms. The summed E-state index contributed by atoms with van der Waals surface area (Å²) in [6, 6.07) is 10.3. The van der Waals surface area contributed by atoms with Gasteiger partial charge in [-0.15, -0.1) is 10.2 Å². The summed E-state index contributed by atoms with van der Waals surface area (Å²) < 4.78 is 2.09. The molecule has 1 fully saturated rings. The second kappa shape index (κ2) is 9.34. The van der Waals surface area contributed by atoms with Gasteiger partial charge < -0.3 is 4.57 Å². The molecule has 150 valence electrons. The van der Waals surface area contributed by atoms with E-state index in [4.69, 9.17) is 0 Å². The van der Waals surface area contributed by atoms with Crippen molar-refractivity contribution in [2.45, 2.75) is 43.9 Å². The maximum Gasteiger partial charge on any atom is 0.239 e. The van der Waals surface area contributed by atoms with Crippen molar-refractivity contribution in [1.29, 1.82) is 0 Å². The SMILES string of the molecule is CC[C@@H](c1nnc(SCC(=O)N2CCCC2=O)n1Cc1ccccc1)N(C)C. The van der Waals surface area contributed by atoms with E-state index in [2.05, 4.69) is 38.7 Å². The van der Waals surface area contributed by atoms with Gasteiger partial charge in [0.1, 0.15) is 0 Å². The summed E-state index contributed by atoms with van der Waals surface area (Å²) in [5, 5.41) is 9.54. The highest BCUT2D eigenvalue weighted by atomic mass is 32.2. The molecule has 1 aliphatic heterocycles. The summed E-state index contributed by atoms with van der Waals surface area (Å²) in [5.41, 5.74) is 1.15. The van der Waals surface area contributed by atoms with Crippen molar-refractivity contribution in [1.82, 2.24) is 24.6 Å². The lowest BCUT2D eigenvalue weighted by molar-refractivity contribution is -0.140. The van der Waals surface area contributed by atoms with Crippen LogP contribution in [0, 0.1) is 0 Å². The summed E-state index contributed by atoms with van der Waals surface area (Å²) in [6.07, 6.45) is 2.13. The van der Waals surface area contributed by atoms with Crippen molar-refractivity contribution >= 4 is 23.6 Å². The smallest absolute Gasteiger partial charge is 0.239 e. The summed E-state index contributed by atoms with van der Waals surface area (Å²) in [5.74, 6) is 0.861. The highest BCUT2D eigenvalue weighted by Crippen LogP contribution is 2.26. The van der Waals surface area contributed by atoms with Crippen molar-refractivity contribution in [2.24, 2.45) is 0 Å². The third kappa shape index (κ3) is 4.62. The standard InChI is InChI=1S/C20H27N5O2S/c1-4-16(23(2)3)19-21-22-20(25(19)13-15-9-6-5-7-10-15)28-14-18(27)24-12-8-11-17(24)26/h5-7,9-10,16H,4,8,11-14H2,1-3H3/t16-/m0/s1. The average Bonchev–Trinajstić information content (AvgIpc) is 3.28. The molecule has 0 aliphatic carbocycles. The second-order valence-electron chi connectivity index (χ2n) is 7.13. The molecule has 28 heavy (non-hydrogen) atoms. The topological polar surface area (TPSA) is 71.3 Å². The molecule has 2 amide bonds. The largest absolute Gasteiger partial charge is 0.300 e. The van der Waals surface area contributed by atoms with Crippen molar-refractivity contribution in [3.8, 4) is 0 Å². The Hall–Kier alpha value is -2.19. The molecule has 0 unspecified atom stereocenters. The Balaban J connectivity index is 1.82. The van der Waals surface area contributed by atoms with E-state index in [0.29, 0.717) is 24.7 Å². The van der Waals surface area contributed by atoms with Crippen molar-refractivity contribution < 1.29 is 9.59 Å². The summed E-state index contributed by atoms with van der Waals surface area (Å²) in [6.45, 7) is 3.30. The predicted octanol–water partition coefficient (Wildman–Crippen LogP) is 2.58. The van der Waals surface area contributed by atoms with Gasteiger partial charge in [-0.1, -0.05) is 49.0 Å². The summed E-state index contributed by atoms with van der Waals surface area (Å²) in [7, 11) is 4.07. The first-order chi connectivity index (χ1) is 13.5. The van der Waals surface area contributed by atoms with E-state index in [0.717, 1.165) is 24.2 Å². The number of carbonyl (C=O) groups excluding carboxylic acids is 2. The van der Waals surface area contributed by atoms with E-state index in [-0.39, 0.29) is 23.6 Å². The molecule has 2 heterocycles. The van der Waals surface area contributed by atoms with Crippen LogP contribution < -0.4 is 0 Å². The first kappa shape index (κ1) is 20.5. The van der Waals surface area contributed by atoms with E-state index >= 15 is 0 Å². The summed E-state index contributed by atoms with van der Waals surface area (Å²) >= 11 is 1.35. The molecule has 1 atom stereocenters. The van der Waals surface area contributed by atoms with E-state index < -0.39 is 0 Å². The predicted molar refractivity (Wildman–Crippen MR) is 109 cm³/mol. The number of imide groups is 1. The fraction of sp³-hybridized carbons (Fsp3) is 0.500. The molecule has 1 saturated heterocycles. The fourth-order valence-corrected chi connectivity index (χ4v) is 4.28. The Morgan fingerprint density at radius 1 is 1.25 bits per heavy atom. The molecular formula is C20H27N5O2S. The lowest BCUT2D eigenvalue weighted by Gasteiger charge is -2.23. The monoisotopic (exact) mass is 401 g/mol. The van der Waals surface area contributed by atoms with Crippen molar-refractivity contribution in [3.05, 3.63) is 41.7 Å². The Morgan fingerprint density at radius 3 is 2.61 bits per heavy atom. The molecule has 1 aliphatic rings. The average molecular weight is 402 g/mol.